The van der Waals surface area contributed by atoms with Crippen LogP contribution in [0.4, 0.5) is 5.82 Å². The lowest BCUT2D eigenvalue weighted by Gasteiger charge is -2.31. The Labute approximate surface area is 184 Å². The number of benzene rings is 1. The Kier molecular flexibility index (Phi) is 5.33. The minimum absolute atomic E-state index is 0.275. The molecule has 4 aromatic rings. The van der Waals surface area contributed by atoms with E-state index in [2.05, 4.69) is 30.7 Å². The van der Waals surface area contributed by atoms with E-state index in [1.165, 1.54) is 0 Å². The molecule has 8 nitrogen and oxygen atoms in total. The van der Waals surface area contributed by atoms with Crippen molar-refractivity contribution in [1.82, 2.24) is 24.7 Å². The number of methoxy groups -OCH3 is 1. The molecule has 0 aliphatic carbocycles. The zero-order valence-corrected chi connectivity index (χ0v) is 18.2. The van der Waals surface area contributed by atoms with Gasteiger partial charge in [0, 0.05) is 44.9 Å². The van der Waals surface area contributed by atoms with Crippen molar-refractivity contribution in [2.45, 2.75) is 25.4 Å². The lowest BCUT2D eigenvalue weighted by molar-refractivity contribution is 0.151. The van der Waals surface area contributed by atoms with Gasteiger partial charge in [-0.1, -0.05) is 28.9 Å². The first-order valence-corrected chi connectivity index (χ1v) is 10.7. The predicted octanol–water partition coefficient (Wildman–Crippen LogP) is 4.20. The monoisotopic (exact) mass is 438 g/mol. The zero-order chi connectivity index (χ0) is 21.4. The molecule has 5 rings (SSSR count). The second kappa shape index (κ2) is 8.28. The summed E-state index contributed by atoms with van der Waals surface area (Å²) >= 11 is 6.53. The van der Waals surface area contributed by atoms with Gasteiger partial charge in [-0.2, -0.15) is 4.98 Å². The molecule has 1 fully saturated rings. The average molecular weight is 439 g/mol. The van der Waals surface area contributed by atoms with E-state index >= 15 is 0 Å². The van der Waals surface area contributed by atoms with Crippen LogP contribution in [0, 0.1) is 0 Å². The smallest absolute Gasteiger partial charge is 0.252 e. The third kappa shape index (κ3) is 3.77. The molecule has 1 aliphatic heterocycles. The lowest BCUT2D eigenvalue weighted by atomic mass is 9.96. The maximum absolute atomic E-state index is 6.53. The van der Waals surface area contributed by atoms with Crippen molar-refractivity contribution in [3.8, 4) is 11.4 Å². The number of anilines is 1. The quantitative estimate of drug-likeness (QED) is 0.461. The summed E-state index contributed by atoms with van der Waals surface area (Å²) in [6.07, 6.45) is 3.57. The summed E-state index contributed by atoms with van der Waals surface area (Å²) in [5, 5.41) is 4.72. The second-order valence-electron chi connectivity index (χ2n) is 7.75. The molecule has 9 heteroatoms. The van der Waals surface area contributed by atoms with Crippen molar-refractivity contribution < 1.29 is 9.26 Å². The molecule has 1 aliphatic rings. The highest BCUT2D eigenvalue weighted by molar-refractivity contribution is 6.33. The van der Waals surface area contributed by atoms with Crippen LogP contribution in [0.1, 0.15) is 30.5 Å². The van der Waals surface area contributed by atoms with Gasteiger partial charge in [-0.05, 0) is 31.0 Å². The highest BCUT2D eigenvalue weighted by Crippen LogP contribution is 2.34. The number of piperidine rings is 1. The van der Waals surface area contributed by atoms with E-state index in [1.807, 2.05) is 31.3 Å². The molecular weight excluding hydrogens is 416 g/mol. The van der Waals surface area contributed by atoms with Gasteiger partial charge in [-0.15, -0.1) is 0 Å². The van der Waals surface area contributed by atoms with Crippen LogP contribution in [-0.2, 0) is 18.4 Å². The molecule has 0 amide bonds. The Morgan fingerprint density at radius 3 is 2.77 bits per heavy atom. The first-order chi connectivity index (χ1) is 15.1. The van der Waals surface area contributed by atoms with Gasteiger partial charge in [0.1, 0.15) is 18.2 Å². The number of halogens is 1. The molecular formula is C22H23ClN6O2. The standard InChI is InChI=1S/C22H23ClN6O2/c1-28-18-6-4-3-5-17(18)25-22(28)15-11-19(24-12-16(15)23)29-9-7-14(8-10-29)21-26-20(13-30-2)31-27-21/h3-6,11-12,14H,7-10,13H2,1-2H3. The highest BCUT2D eigenvalue weighted by Gasteiger charge is 2.26. The Morgan fingerprint density at radius 2 is 2.00 bits per heavy atom. The third-order valence-electron chi connectivity index (χ3n) is 5.80. The van der Waals surface area contributed by atoms with E-state index in [4.69, 9.17) is 25.8 Å². The predicted molar refractivity (Wildman–Crippen MR) is 118 cm³/mol. The van der Waals surface area contributed by atoms with Crippen molar-refractivity contribution >= 4 is 28.5 Å². The minimum Gasteiger partial charge on any atom is -0.375 e. The van der Waals surface area contributed by atoms with E-state index in [-0.39, 0.29) is 5.92 Å². The Hall–Kier alpha value is -2.97. The normalized spacial score (nSPS) is 15.1. The maximum atomic E-state index is 6.53. The number of hydrogen-bond donors (Lipinski definition) is 0. The lowest BCUT2D eigenvalue weighted by Crippen LogP contribution is -2.33. The number of pyridine rings is 1. The molecule has 1 saturated heterocycles. The maximum Gasteiger partial charge on any atom is 0.252 e. The molecule has 160 valence electrons. The van der Waals surface area contributed by atoms with Crippen LogP contribution in [0.25, 0.3) is 22.4 Å². The van der Waals surface area contributed by atoms with Gasteiger partial charge in [0.2, 0.25) is 0 Å². The summed E-state index contributed by atoms with van der Waals surface area (Å²) in [7, 11) is 3.62. The van der Waals surface area contributed by atoms with E-state index in [0.717, 1.165) is 60.0 Å². The molecule has 31 heavy (non-hydrogen) atoms. The number of ether oxygens (including phenoxy) is 1. The van der Waals surface area contributed by atoms with Gasteiger partial charge in [0.05, 0.1) is 16.1 Å². The molecule has 1 aromatic carbocycles. The number of fused-ring (bicyclic) bond motifs is 1. The van der Waals surface area contributed by atoms with E-state index < -0.39 is 0 Å². The fraction of sp³-hybridized carbons (Fsp3) is 0.364. The molecule has 0 saturated carbocycles. The zero-order valence-electron chi connectivity index (χ0n) is 17.5. The minimum atomic E-state index is 0.275. The number of imidazole rings is 1. The van der Waals surface area contributed by atoms with Crippen LogP contribution in [0.15, 0.2) is 41.1 Å². The molecule has 0 atom stereocenters. The van der Waals surface area contributed by atoms with Crippen molar-refractivity contribution in [3.63, 3.8) is 0 Å². The van der Waals surface area contributed by atoms with E-state index in [1.54, 1.807) is 13.3 Å². The van der Waals surface area contributed by atoms with Crippen LogP contribution in [0.3, 0.4) is 0 Å². The first kappa shape index (κ1) is 20.0. The topological polar surface area (TPSA) is 82.1 Å². The highest BCUT2D eigenvalue weighted by atomic mass is 35.5. The fourth-order valence-electron chi connectivity index (χ4n) is 4.14. The summed E-state index contributed by atoms with van der Waals surface area (Å²) in [6, 6.07) is 10.1. The van der Waals surface area contributed by atoms with E-state index in [9.17, 15) is 0 Å². The van der Waals surface area contributed by atoms with Crippen LogP contribution in [0.2, 0.25) is 5.02 Å². The van der Waals surface area contributed by atoms with Gasteiger partial charge in [-0.3, -0.25) is 0 Å². The molecule has 0 bridgehead atoms. The van der Waals surface area contributed by atoms with Crippen LogP contribution in [0.5, 0.6) is 0 Å². The number of para-hydroxylation sites is 2. The second-order valence-corrected chi connectivity index (χ2v) is 8.15. The molecule has 0 radical (unpaired) electrons. The number of aromatic nitrogens is 5. The number of nitrogens with zero attached hydrogens (tertiary/aromatic N) is 6. The van der Waals surface area contributed by atoms with Gasteiger partial charge < -0.3 is 18.7 Å². The van der Waals surface area contributed by atoms with Crippen LogP contribution in [-0.4, -0.2) is 44.9 Å². The van der Waals surface area contributed by atoms with E-state index in [0.29, 0.717) is 17.5 Å². The Bertz CT molecular complexity index is 1210. The molecule has 3 aromatic heterocycles. The van der Waals surface area contributed by atoms with Crippen LogP contribution >= 0.6 is 11.6 Å². The SMILES string of the molecule is COCc1nc(C2CCN(c3cc(-c4nc5ccccc5n4C)c(Cl)cn3)CC2)no1. The van der Waals surface area contributed by atoms with Crippen molar-refractivity contribution in [3.05, 3.63) is 53.3 Å². The number of hydrogen-bond acceptors (Lipinski definition) is 7. The third-order valence-corrected chi connectivity index (χ3v) is 6.11. The summed E-state index contributed by atoms with van der Waals surface area (Å²) < 4.78 is 12.4. The summed E-state index contributed by atoms with van der Waals surface area (Å²) in [5.41, 5.74) is 2.90. The van der Waals surface area contributed by atoms with Gasteiger partial charge in [0.15, 0.2) is 5.82 Å². The summed E-state index contributed by atoms with van der Waals surface area (Å²) in [6.45, 7) is 2.05. The van der Waals surface area contributed by atoms with Gasteiger partial charge in [-0.25, -0.2) is 9.97 Å². The van der Waals surface area contributed by atoms with Crippen LogP contribution < -0.4 is 4.90 Å². The average Bonchev–Trinajstić information content (AvgIpc) is 3.40. The largest absolute Gasteiger partial charge is 0.375 e. The summed E-state index contributed by atoms with van der Waals surface area (Å²) in [4.78, 5) is 16.1. The van der Waals surface area contributed by atoms with Crippen molar-refractivity contribution in [2.24, 2.45) is 7.05 Å². The van der Waals surface area contributed by atoms with Gasteiger partial charge >= 0.3 is 0 Å². The summed E-state index contributed by atoms with van der Waals surface area (Å²) in [5.74, 6) is 3.29. The van der Waals surface area contributed by atoms with Gasteiger partial charge in [0.25, 0.3) is 5.89 Å². The fourth-order valence-corrected chi connectivity index (χ4v) is 4.33. The van der Waals surface area contributed by atoms with Crippen molar-refractivity contribution in [2.75, 3.05) is 25.1 Å². The Balaban J connectivity index is 1.36. The molecule has 4 heterocycles. The molecule has 0 N–H and O–H groups in total. The van der Waals surface area contributed by atoms with Crippen molar-refractivity contribution in [1.29, 1.82) is 0 Å². The first-order valence-electron chi connectivity index (χ1n) is 10.3. The number of aryl methyl sites for hydroxylation is 1. The Morgan fingerprint density at radius 1 is 1.19 bits per heavy atom. The molecule has 0 spiro atoms. The molecule has 0 unspecified atom stereocenters. The number of rotatable bonds is 5.